The number of carboxylic acids is 1. The molecule has 0 spiro atoms. The summed E-state index contributed by atoms with van der Waals surface area (Å²) in [5, 5.41) is 8.99. The van der Waals surface area contributed by atoms with E-state index >= 15 is 0 Å². The molecule has 3 unspecified atom stereocenters. The van der Waals surface area contributed by atoms with E-state index < -0.39 is 11.9 Å². The van der Waals surface area contributed by atoms with Crippen LogP contribution in [-0.4, -0.2) is 35.5 Å². The number of benzene rings is 1. The maximum atomic E-state index is 12.5. The van der Waals surface area contributed by atoms with Crippen molar-refractivity contribution < 1.29 is 19.4 Å². The molecule has 5 nitrogen and oxygen atoms in total. The van der Waals surface area contributed by atoms with Crippen molar-refractivity contribution in [1.82, 2.24) is 4.90 Å². The number of hydrogen-bond donors (Lipinski definition) is 1. The number of nitrogens with zero attached hydrogens (tertiary/aromatic N) is 1. The molecule has 21 heavy (non-hydrogen) atoms. The van der Waals surface area contributed by atoms with Crippen molar-refractivity contribution in [3.05, 3.63) is 29.8 Å². The molecule has 2 fully saturated rings. The normalized spacial score (nSPS) is 27.5. The maximum absolute atomic E-state index is 12.5. The fourth-order valence-electron chi connectivity index (χ4n) is 3.25. The van der Waals surface area contributed by atoms with Crippen LogP contribution >= 0.6 is 0 Å². The summed E-state index contributed by atoms with van der Waals surface area (Å²) < 4.78 is 5.39. The van der Waals surface area contributed by atoms with E-state index in [1.165, 1.54) is 0 Å². The van der Waals surface area contributed by atoms with Crippen molar-refractivity contribution >= 4 is 11.9 Å². The monoisotopic (exact) mass is 289 g/mol. The summed E-state index contributed by atoms with van der Waals surface area (Å²) in [6.07, 6.45) is 2.32. The number of rotatable bonds is 4. The lowest BCUT2D eigenvalue weighted by atomic mass is 10.0. The number of ether oxygens (including phenoxy) is 1. The standard InChI is InChI=1S/C16H19NO4/c1-21-14-7-3-2-5-10(14)13-6-4-8-17(13)15(18)11-9-12(11)16(19)20/h2-3,5,7,11-13H,4,6,8-9H2,1H3,(H,19,20). The predicted molar refractivity (Wildman–Crippen MR) is 75.9 cm³/mol. The molecule has 1 heterocycles. The molecule has 1 saturated carbocycles. The minimum atomic E-state index is -0.860. The Morgan fingerprint density at radius 3 is 2.71 bits per heavy atom. The van der Waals surface area contributed by atoms with Crippen molar-refractivity contribution in [3.63, 3.8) is 0 Å². The van der Waals surface area contributed by atoms with Gasteiger partial charge < -0.3 is 14.7 Å². The lowest BCUT2D eigenvalue weighted by Crippen LogP contribution is -2.32. The molecule has 1 saturated heterocycles. The van der Waals surface area contributed by atoms with Crippen LogP contribution in [0, 0.1) is 11.8 Å². The molecule has 1 aromatic rings. The van der Waals surface area contributed by atoms with E-state index in [-0.39, 0.29) is 17.9 Å². The first-order valence-corrected chi connectivity index (χ1v) is 7.29. The Kier molecular flexibility index (Phi) is 3.57. The molecule has 1 aliphatic carbocycles. The van der Waals surface area contributed by atoms with Crippen LogP contribution in [0.5, 0.6) is 5.75 Å². The summed E-state index contributed by atoms with van der Waals surface area (Å²) in [6.45, 7) is 0.699. The van der Waals surface area contributed by atoms with Crippen LogP contribution in [0.15, 0.2) is 24.3 Å². The average Bonchev–Trinajstić information content (AvgIpc) is 3.16. The molecule has 1 N–H and O–H groups in total. The van der Waals surface area contributed by atoms with E-state index in [9.17, 15) is 9.59 Å². The Labute approximate surface area is 123 Å². The zero-order valence-electron chi connectivity index (χ0n) is 12.0. The van der Waals surface area contributed by atoms with E-state index in [1.54, 1.807) is 7.11 Å². The Hall–Kier alpha value is -2.04. The third-order valence-electron chi connectivity index (χ3n) is 4.46. The second-order valence-electron chi connectivity index (χ2n) is 5.72. The van der Waals surface area contributed by atoms with Gasteiger partial charge in [-0.1, -0.05) is 18.2 Å². The molecular weight excluding hydrogens is 270 g/mol. The lowest BCUT2D eigenvalue weighted by Gasteiger charge is -2.26. The number of methoxy groups -OCH3 is 1. The van der Waals surface area contributed by atoms with Gasteiger partial charge in [-0.05, 0) is 25.3 Å². The molecular formula is C16H19NO4. The van der Waals surface area contributed by atoms with Crippen molar-refractivity contribution in [2.75, 3.05) is 13.7 Å². The van der Waals surface area contributed by atoms with Gasteiger partial charge in [0.1, 0.15) is 5.75 Å². The zero-order valence-corrected chi connectivity index (χ0v) is 12.0. The van der Waals surface area contributed by atoms with Crippen LogP contribution in [0.25, 0.3) is 0 Å². The number of aliphatic carboxylic acids is 1. The second-order valence-corrected chi connectivity index (χ2v) is 5.72. The van der Waals surface area contributed by atoms with Gasteiger partial charge in [-0.2, -0.15) is 0 Å². The third kappa shape index (κ3) is 2.48. The van der Waals surface area contributed by atoms with Crippen LogP contribution in [0.2, 0.25) is 0 Å². The van der Waals surface area contributed by atoms with Crippen LogP contribution < -0.4 is 4.74 Å². The summed E-state index contributed by atoms with van der Waals surface area (Å²) >= 11 is 0. The van der Waals surface area contributed by atoms with Crippen LogP contribution in [0.4, 0.5) is 0 Å². The molecule has 5 heteroatoms. The summed E-state index contributed by atoms with van der Waals surface area (Å²) in [5.74, 6) is -0.917. The van der Waals surface area contributed by atoms with E-state index in [4.69, 9.17) is 9.84 Å². The van der Waals surface area contributed by atoms with Crippen LogP contribution in [-0.2, 0) is 9.59 Å². The minimum absolute atomic E-state index is 0.00342. The summed E-state index contributed by atoms with van der Waals surface area (Å²) in [6, 6.07) is 7.73. The number of para-hydroxylation sites is 1. The molecule has 112 valence electrons. The summed E-state index contributed by atoms with van der Waals surface area (Å²) in [5.41, 5.74) is 1.01. The van der Waals surface area contributed by atoms with Crippen molar-refractivity contribution in [2.24, 2.45) is 11.8 Å². The summed E-state index contributed by atoms with van der Waals surface area (Å²) in [4.78, 5) is 25.3. The van der Waals surface area contributed by atoms with Gasteiger partial charge in [0.2, 0.25) is 5.91 Å². The molecule has 0 aromatic heterocycles. The first-order chi connectivity index (χ1) is 10.1. The molecule has 1 aromatic carbocycles. The van der Waals surface area contributed by atoms with Gasteiger partial charge in [-0.25, -0.2) is 0 Å². The molecule has 1 amide bonds. The van der Waals surface area contributed by atoms with Crippen LogP contribution in [0.3, 0.4) is 0 Å². The van der Waals surface area contributed by atoms with Gasteiger partial charge in [-0.15, -0.1) is 0 Å². The molecule has 2 aliphatic rings. The predicted octanol–water partition coefficient (Wildman–Crippen LogP) is 2.08. The highest BCUT2D eigenvalue weighted by Crippen LogP contribution is 2.44. The van der Waals surface area contributed by atoms with E-state index in [0.717, 1.165) is 24.2 Å². The number of carbonyl (C=O) groups excluding carboxylic acids is 1. The number of amides is 1. The molecule has 0 bridgehead atoms. The molecule has 1 aliphatic heterocycles. The largest absolute Gasteiger partial charge is 0.496 e. The first kappa shape index (κ1) is 13.9. The lowest BCUT2D eigenvalue weighted by molar-refractivity contribution is -0.142. The number of likely N-dealkylation sites (tertiary alicyclic amines) is 1. The van der Waals surface area contributed by atoms with Crippen molar-refractivity contribution in [3.8, 4) is 5.75 Å². The zero-order chi connectivity index (χ0) is 15.0. The van der Waals surface area contributed by atoms with Crippen molar-refractivity contribution in [2.45, 2.75) is 25.3 Å². The summed E-state index contributed by atoms with van der Waals surface area (Å²) in [7, 11) is 1.63. The van der Waals surface area contributed by atoms with Crippen LogP contribution in [0.1, 0.15) is 30.9 Å². The Bertz CT molecular complexity index is 571. The fourth-order valence-corrected chi connectivity index (χ4v) is 3.25. The molecule has 3 atom stereocenters. The highest BCUT2D eigenvalue weighted by atomic mass is 16.5. The number of carbonyl (C=O) groups is 2. The number of hydrogen-bond acceptors (Lipinski definition) is 3. The SMILES string of the molecule is COc1ccccc1C1CCCN1C(=O)C1CC1C(=O)O. The smallest absolute Gasteiger partial charge is 0.307 e. The Morgan fingerprint density at radius 2 is 2.05 bits per heavy atom. The number of carboxylic acid groups (broad SMARTS) is 1. The van der Waals surface area contributed by atoms with E-state index in [1.807, 2.05) is 29.2 Å². The van der Waals surface area contributed by atoms with Gasteiger partial charge in [0.25, 0.3) is 0 Å². The topological polar surface area (TPSA) is 66.8 Å². The molecule has 3 rings (SSSR count). The van der Waals surface area contributed by atoms with Gasteiger partial charge in [0.15, 0.2) is 0 Å². The first-order valence-electron chi connectivity index (χ1n) is 7.29. The maximum Gasteiger partial charge on any atom is 0.307 e. The highest BCUT2D eigenvalue weighted by molar-refractivity contribution is 5.90. The van der Waals surface area contributed by atoms with Gasteiger partial charge in [0.05, 0.1) is 25.0 Å². The molecule has 0 radical (unpaired) electrons. The quantitative estimate of drug-likeness (QED) is 0.921. The van der Waals surface area contributed by atoms with Gasteiger partial charge in [-0.3, -0.25) is 9.59 Å². The van der Waals surface area contributed by atoms with E-state index in [2.05, 4.69) is 0 Å². The second kappa shape index (κ2) is 5.39. The van der Waals surface area contributed by atoms with Gasteiger partial charge >= 0.3 is 5.97 Å². The Morgan fingerprint density at radius 1 is 1.29 bits per heavy atom. The van der Waals surface area contributed by atoms with Crippen molar-refractivity contribution in [1.29, 1.82) is 0 Å². The van der Waals surface area contributed by atoms with E-state index in [0.29, 0.717) is 13.0 Å². The fraction of sp³-hybridized carbons (Fsp3) is 0.500. The third-order valence-corrected chi connectivity index (χ3v) is 4.46. The Balaban J connectivity index is 1.80. The average molecular weight is 289 g/mol. The minimum Gasteiger partial charge on any atom is -0.496 e. The highest BCUT2D eigenvalue weighted by Gasteiger charge is 2.51. The van der Waals surface area contributed by atoms with Gasteiger partial charge in [0, 0.05) is 12.1 Å².